The number of nitrogens with zero attached hydrogens (tertiary/aromatic N) is 1. The van der Waals surface area contributed by atoms with Crippen LogP contribution in [0.4, 0.5) is 4.39 Å². The van der Waals surface area contributed by atoms with Gasteiger partial charge < -0.3 is 10.2 Å². The molecular weight excluding hydrogens is 430 g/mol. The van der Waals surface area contributed by atoms with Gasteiger partial charge in [-0.25, -0.2) is 4.39 Å². The molecule has 2 aromatic carbocycles. The first-order valence-corrected chi connectivity index (χ1v) is 12.2. The standard InChI is InChI=1S/C26H33Cl2FN2/c1-15(2)22-23(19-9-8-18(27)14-16(19)3)26(20-6-5-7-21(28)24(20)29)30-25(22)17-10-12-31(4)13-11-17/h5-9,14-15,17,22-23,25-26,30H,10-13H2,1-4H3. The van der Waals surface area contributed by atoms with Crippen molar-refractivity contribution < 1.29 is 4.39 Å². The van der Waals surface area contributed by atoms with Crippen LogP contribution in [0.2, 0.25) is 10.0 Å². The minimum absolute atomic E-state index is 0.115. The second kappa shape index (κ2) is 9.39. The minimum atomic E-state index is -0.301. The summed E-state index contributed by atoms with van der Waals surface area (Å²) in [7, 11) is 2.20. The molecular formula is C26H33Cl2FN2. The molecule has 1 N–H and O–H groups in total. The summed E-state index contributed by atoms with van der Waals surface area (Å²) in [5.41, 5.74) is 3.10. The molecule has 4 atom stereocenters. The number of benzene rings is 2. The first-order chi connectivity index (χ1) is 14.8. The van der Waals surface area contributed by atoms with E-state index in [1.807, 2.05) is 24.3 Å². The Kier molecular flexibility index (Phi) is 6.98. The number of likely N-dealkylation sites (tertiary alicyclic amines) is 1. The molecule has 31 heavy (non-hydrogen) atoms. The van der Waals surface area contributed by atoms with Gasteiger partial charge in [-0.2, -0.15) is 0 Å². The number of halogens is 3. The zero-order chi connectivity index (χ0) is 22.3. The van der Waals surface area contributed by atoms with Crippen molar-refractivity contribution in [1.29, 1.82) is 0 Å². The lowest BCUT2D eigenvalue weighted by atomic mass is 9.70. The van der Waals surface area contributed by atoms with Crippen LogP contribution in [0, 0.1) is 30.5 Å². The lowest BCUT2D eigenvalue weighted by Gasteiger charge is -2.37. The third-order valence-corrected chi connectivity index (χ3v) is 8.04. The van der Waals surface area contributed by atoms with E-state index in [4.69, 9.17) is 23.2 Å². The number of rotatable bonds is 4. The fourth-order valence-corrected chi connectivity index (χ4v) is 6.39. The van der Waals surface area contributed by atoms with E-state index >= 15 is 4.39 Å². The second-order valence-electron chi connectivity index (χ2n) is 9.80. The van der Waals surface area contributed by atoms with Crippen molar-refractivity contribution in [3.05, 3.63) is 69.0 Å². The molecule has 0 saturated carbocycles. The minimum Gasteiger partial charge on any atom is -0.306 e. The van der Waals surface area contributed by atoms with Gasteiger partial charge in [-0.15, -0.1) is 0 Å². The van der Waals surface area contributed by atoms with Gasteiger partial charge in [-0.1, -0.05) is 55.2 Å². The Morgan fingerprint density at radius 1 is 1.06 bits per heavy atom. The molecule has 2 nitrogen and oxygen atoms in total. The first-order valence-electron chi connectivity index (χ1n) is 11.4. The molecule has 2 aliphatic rings. The van der Waals surface area contributed by atoms with Crippen LogP contribution in [0.5, 0.6) is 0 Å². The maximum Gasteiger partial charge on any atom is 0.146 e. The second-order valence-corrected chi connectivity index (χ2v) is 10.6. The Bertz CT molecular complexity index is 924. The Morgan fingerprint density at radius 2 is 1.77 bits per heavy atom. The summed E-state index contributed by atoms with van der Waals surface area (Å²) in [6, 6.07) is 11.8. The normalized spacial score (nSPS) is 27.9. The molecule has 4 unspecified atom stereocenters. The van der Waals surface area contributed by atoms with E-state index in [0.717, 1.165) is 18.1 Å². The van der Waals surface area contributed by atoms with E-state index in [1.54, 1.807) is 6.07 Å². The van der Waals surface area contributed by atoms with Gasteiger partial charge in [0.1, 0.15) is 5.82 Å². The molecule has 0 bridgehead atoms. The van der Waals surface area contributed by atoms with E-state index in [2.05, 4.69) is 44.1 Å². The van der Waals surface area contributed by atoms with Crippen molar-refractivity contribution >= 4 is 23.2 Å². The van der Waals surface area contributed by atoms with E-state index < -0.39 is 0 Å². The van der Waals surface area contributed by atoms with Gasteiger partial charge in [-0.3, -0.25) is 0 Å². The lowest BCUT2D eigenvalue weighted by Crippen LogP contribution is -2.43. The van der Waals surface area contributed by atoms with Crippen LogP contribution in [0.3, 0.4) is 0 Å². The van der Waals surface area contributed by atoms with Gasteiger partial charge >= 0.3 is 0 Å². The third kappa shape index (κ3) is 4.53. The van der Waals surface area contributed by atoms with Crippen molar-refractivity contribution in [1.82, 2.24) is 10.2 Å². The molecule has 4 rings (SSSR count). The average molecular weight is 463 g/mol. The molecule has 2 saturated heterocycles. The van der Waals surface area contributed by atoms with Crippen LogP contribution in [-0.2, 0) is 0 Å². The van der Waals surface area contributed by atoms with Crippen molar-refractivity contribution in [2.24, 2.45) is 17.8 Å². The van der Waals surface area contributed by atoms with Crippen LogP contribution in [0.1, 0.15) is 55.3 Å². The number of hydrogen-bond acceptors (Lipinski definition) is 2. The quantitative estimate of drug-likeness (QED) is 0.533. The maximum absolute atomic E-state index is 15.3. The molecule has 0 radical (unpaired) electrons. The monoisotopic (exact) mass is 462 g/mol. The Labute approximate surface area is 196 Å². The molecule has 0 aromatic heterocycles. The van der Waals surface area contributed by atoms with Crippen molar-refractivity contribution in [2.45, 2.75) is 51.6 Å². The molecule has 2 aliphatic heterocycles. The smallest absolute Gasteiger partial charge is 0.146 e. The topological polar surface area (TPSA) is 15.3 Å². The average Bonchev–Trinajstić information content (AvgIpc) is 3.11. The van der Waals surface area contributed by atoms with Gasteiger partial charge in [-0.05, 0) is 87.0 Å². The number of hydrogen-bond donors (Lipinski definition) is 1. The number of aryl methyl sites for hydroxylation is 1. The molecule has 168 valence electrons. The molecule has 5 heteroatoms. The summed E-state index contributed by atoms with van der Waals surface area (Å²) >= 11 is 12.5. The molecule has 2 heterocycles. The highest BCUT2D eigenvalue weighted by molar-refractivity contribution is 6.31. The summed E-state index contributed by atoms with van der Waals surface area (Å²) in [6.07, 6.45) is 2.35. The van der Waals surface area contributed by atoms with E-state index in [9.17, 15) is 0 Å². The van der Waals surface area contributed by atoms with E-state index in [-0.39, 0.29) is 22.8 Å². The summed E-state index contributed by atoms with van der Waals surface area (Å²) in [5.74, 6) is 1.31. The van der Waals surface area contributed by atoms with E-state index in [0.29, 0.717) is 29.4 Å². The fraction of sp³-hybridized carbons (Fsp3) is 0.538. The first kappa shape index (κ1) is 23.0. The van der Waals surface area contributed by atoms with Gasteiger partial charge in [0.15, 0.2) is 0 Å². The van der Waals surface area contributed by atoms with Gasteiger partial charge in [0.2, 0.25) is 0 Å². The van der Waals surface area contributed by atoms with Crippen molar-refractivity contribution in [2.75, 3.05) is 20.1 Å². The summed E-state index contributed by atoms with van der Waals surface area (Å²) in [6.45, 7) is 8.97. The van der Waals surface area contributed by atoms with Crippen molar-refractivity contribution in [3.8, 4) is 0 Å². The highest BCUT2D eigenvalue weighted by atomic mass is 35.5. The molecule has 0 aliphatic carbocycles. The lowest BCUT2D eigenvalue weighted by molar-refractivity contribution is 0.155. The zero-order valence-electron chi connectivity index (χ0n) is 18.8. The number of nitrogens with one attached hydrogen (secondary N) is 1. The molecule has 0 spiro atoms. The van der Waals surface area contributed by atoms with Crippen LogP contribution in [-0.4, -0.2) is 31.1 Å². The fourth-order valence-electron chi connectivity index (χ4n) is 5.98. The molecule has 2 aromatic rings. The molecule has 2 fully saturated rings. The number of piperidine rings is 1. The SMILES string of the molecule is Cc1cc(Cl)ccc1C1C(c2cccc(Cl)c2F)NC(C2CCN(C)CC2)C1C(C)C. The zero-order valence-corrected chi connectivity index (χ0v) is 20.3. The Morgan fingerprint density at radius 3 is 2.42 bits per heavy atom. The summed E-state index contributed by atoms with van der Waals surface area (Å²) < 4.78 is 15.3. The van der Waals surface area contributed by atoms with Gasteiger partial charge in [0.05, 0.1) is 5.02 Å². The predicted molar refractivity (Wildman–Crippen MR) is 129 cm³/mol. The summed E-state index contributed by atoms with van der Waals surface area (Å²) in [5, 5.41) is 4.86. The molecule has 0 amide bonds. The maximum atomic E-state index is 15.3. The van der Waals surface area contributed by atoms with Crippen LogP contribution >= 0.6 is 23.2 Å². The van der Waals surface area contributed by atoms with Gasteiger partial charge in [0, 0.05) is 28.6 Å². The van der Waals surface area contributed by atoms with Crippen LogP contribution in [0.25, 0.3) is 0 Å². The van der Waals surface area contributed by atoms with Crippen molar-refractivity contribution in [3.63, 3.8) is 0 Å². The van der Waals surface area contributed by atoms with Gasteiger partial charge in [0.25, 0.3) is 0 Å². The highest BCUT2D eigenvalue weighted by Gasteiger charge is 2.49. The van der Waals surface area contributed by atoms with Crippen LogP contribution in [0.15, 0.2) is 36.4 Å². The predicted octanol–water partition coefficient (Wildman–Crippen LogP) is 6.85. The Hall–Kier alpha value is -1.13. The van der Waals surface area contributed by atoms with E-state index in [1.165, 1.54) is 24.0 Å². The third-order valence-electron chi connectivity index (χ3n) is 7.51. The Balaban J connectivity index is 1.81. The summed E-state index contributed by atoms with van der Waals surface area (Å²) in [4.78, 5) is 2.41. The highest BCUT2D eigenvalue weighted by Crippen LogP contribution is 2.51. The van der Waals surface area contributed by atoms with Crippen LogP contribution < -0.4 is 5.32 Å². The largest absolute Gasteiger partial charge is 0.306 e.